The number of aromatic nitrogens is 2. The minimum atomic E-state index is -0.319. The third kappa shape index (κ3) is 5.07. The second-order valence-electron chi connectivity index (χ2n) is 6.13. The Hall–Kier alpha value is -2.93. The highest BCUT2D eigenvalue weighted by Crippen LogP contribution is 2.19. The summed E-state index contributed by atoms with van der Waals surface area (Å²) in [4.78, 5) is 24.3. The van der Waals surface area contributed by atoms with Crippen molar-refractivity contribution in [2.75, 3.05) is 13.7 Å². The van der Waals surface area contributed by atoms with Gasteiger partial charge in [-0.1, -0.05) is 46.3 Å². The van der Waals surface area contributed by atoms with Crippen LogP contribution in [0.5, 0.6) is 5.75 Å². The summed E-state index contributed by atoms with van der Waals surface area (Å²) in [6.45, 7) is 0.315. The molecule has 6 nitrogen and oxygen atoms in total. The van der Waals surface area contributed by atoms with Crippen molar-refractivity contribution in [1.82, 2.24) is 15.1 Å². The van der Waals surface area contributed by atoms with Gasteiger partial charge in [-0.05, 0) is 36.2 Å². The van der Waals surface area contributed by atoms with Crippen LogP contribution in [-0.2, 0) is 17.8 Å². The van der Waals surface area contributed by atoms with E-state index < -0.39 is 0 Å². The predicted octanol–water partition coefficient (Wildman–Crippen LogP) is 3.04. The summed E-state index contributed by atoms with van der Waals surface area (Å²) in [6, 6.07) is 18.3. The monoisotopic (exact) mass is 441 g/mol. The van der Waals surface area contributed by atoms with Gasteiger partial charge in [0.05, 0.1) is 12.8 Å². The van der Waals surface area contributed by atoms with Gasteiger partial charge in [0, 0.05) is 22.6 Å². The van der Waals surface area contributed by atoms with Crippen LogP contribution in [0.15, 0.2) is 69.9 Å². The van der Waals surface area contributed by atoms with E-state index >= 15 is 0 Å². The fourth-order valence-electron chi connectivity index (χ4n) is 2.77. The Labute approximate surface area is 171 Å². The van der Waals surface area contributed by atoms with Crippen LogP contribution >= 0.6 is 15.9 Å². The van der Waals surface area contributed by atoms with Crippen LogP contribution in [0.2, 0.25) is 0 Å². The van der Waals surface area contributed by atoms with Crippen LogP contribution in [0.4, 0.5) is 0 Å². The Morgan fingerprint density at radius 1 is 1.11 bits per heavy atom. The number of hydrogen-bond acceptors (Lipinski definition) is 4. The third-order valence-corrected chi connectivity index (χ3v) is 4.74. The summed E-state index contributed by atoms with van der Waals surface area (Å²) < 4.78 is 7.44. The molecule has 0 fully saturated rings. The number of para-hydroxylation sites is 1. The normalized spacial score (nSPS) is 10.5. The van der Waals surface area contributed by atoms with Crippen molar-refractivity contribution >= 4 is 21.8 Å². The summed E-state index contributed by atoms with van der Waals surface area (Å²) in [7, 11) is 1.62. The fraction of sp³-hybridized carbons (Fsp3) is 0.190. The zero-order chi connectivity index (χ0) is 19.9. The molecule has 0 saturated carbocycles. The lowest BCUT2D eigenvalue weighted by atomic mass is 10.1. The quantitative estimate of drug-likeness (QED) is 0.611. The molecule has 28 heavy (non-hydrogen) atoms. The van der Waals surface area contributed by atoms with E-state index in [1.54, 1.807) is 13.2 Å². The van der Waals surface area contributed by atoms with E-state index in [-0.39, 0.29) is 18.0 Å². The van der Waals surface area contributed by atoms with Crippen molar-refractivity contribution in [3.63, 3.8) is 0 Å². The van der Waals surface area contributed by atoms with Crippen LogP contribution in [0.25, 0.3) is 11.3 Å². The van der Waals surface area contributed by atoms with Gasteiger partial charge in [-0.2, -0.15) is 5.10 Å². The standard InChI is InChI=1S/C21H20BrN3O3/c1-28-19-5-3-2-4-16(19)12-13-23-20(26)14-25-21(27)11-10-18(24-25)15-6-8-17(22)9-7-15/h2-11H,12-14H2,1H3,(H,23,26). The van der Waals surface area contributed by atoms with Gasteiger partial charge in [-0.25, -0.2) is 4.68 Å². The first-order chi connectivity index (χ1) is 13.6. The van der Waals surface area contributed by atoms with Gasteiger partial charge in [-0.15, -0.1) is 0 Å². The lowest BCUT2D eigenvalue weighted by Crippen LogP contribution is -2.34. The number of carbonyl (C=O) groups is 1. The van der Waals surface area contributed by atoms with Gasteiger partial charge in [0.15, 0.2) is 0 Å². The molecule has 1 N–H and O–H groups in total. The maximum Gasteiger partial charge on any atom is 0.267 e. The van der Waals surface area contributed by atoms with E-state index in [4.69, 9.17) is 4.74 Å². The number of amides is 1. The van der Waals surface area contributed by atoms with Crippen molar-refractivity contribution in [1.29, 1.82) is 0 Å². The van der Waals surface area contributed by atoms with Crippen molar-refractivity contribution in [3.8, 4) is 17.0 Å². The molecule has 0 aliphatic heterocycles. The smallest absolute Gasteiger partial charge is 0.267 e. The average molecular weight is 442 g/mol. The zero-order valence-electron chi connectivity index (χ0n) is 15.4. The van der Waals surface area contributed by atoms with E-state index in [2.05, 4.69) is 26.3 Å². The Balaban J connectivity index is 1.63. The van der Waals surface area contributed by atoms with Gasteiger partial charge in [0.2, 0.25) is 5.91 Å². The lowest BCUT2D eigenvalue weighted by molar-refractivity contribution is -0.121. The molecular weight excluding hydrogens is 422 g/mol. The van der Waals surface area contributed by atoms with E-state index in [1.165, 1.54) is 10.7 Å². The van der Waals surface area contributed by atoms with Gasteiger partial charge in [0.25, 0.3) is 5.56 Å². The Bertz CT molecular complexity index is 1020. The second-order valence-corrected chi connectivity index (χ2v) is 7.05. The molecule has 7 heteroatoms. The fourth-order valence-corrected chi connectivity index (χ4v) is 3.04. The molecule has 0 saturated heterocycles. The number of methoxy groups -OCH3 is 1. The molecule has 0 aliphatic carbocycles. The molecule has 1 aromatic heterocycles. The van der Waals surface area contributed by atoms with E-state index in [0.29, 0.717) is 18.7 Å². The maximum absolute atomic E-state index is 12.3. The van der Waals surface area contributed by atoms with Crippen LogP contribution < -0.4 is 15.6 Å². The van der Waals surface area contributed by atoms with Crippen LogP contribution in [0.1, 0.15) is 5.56 Å². The van der Waals surface area contributed by atoms with Gasteiger partial charge in [0.1, 0.15) is 12.3 Å². The summed E-state index contributed by atoms with van der Waals surface area (Å²) in [5.74, 6) is 0.522. The highest BCUT2D eigenvalue weighted by molar-refractivity contribution is 9.10. The van der Waals surface area contributed by atoms with Crippen LogP contribution in [0.3, 0.4) is 0 Å². The predicted molar refractivity (Wildman–Crippen MR) is 111 cm³/mol. The molecular formula is C21H20BrN3O3. The summed E-state index contributed by atoms with van der Waals surface area (Å²) in [5, 5.41) is 7.14. The lowest BCUT2D eigenvalue weighted by Gasteiger charge is -2.10. The van der Waals surface area contributed by atoms with Crippen LogP contribution in [0, 0.1) is 0 Å². The molecule has 1 heterocycles. The molecule has 0 atom stereocenters. The van der Waals surface area contributed by atoms with E-state index in [1.807, 2.05) is 48.5 Å². The molecule has 1 amide bonds. The van der Waals surface area contributed by atoms with Crippen LogP contribution in [-0.4, -0.2) is 29.3 Å². The summed E-state index contributed by atoms with van der Waals surface area (Å²) >= 11 is 3.39. The number of carbonyl (C=O) groups excluding carboxylic acids is 1. The molecule has 0 unspecified atom stereocenters. The molecule has 0 bridgehead atoms. The number of nitrogens with one attached hydrogen (secondary N) is 1. The molecule has 0 radical (unpaired) electrons. The molecule has 3 aromatic rings. The molecule has 0 aliphatic rings. The number of hydrogen-bond donors (Lipinski definition) is 1. The first-order valence-electron chi connectivity index (χ1n) is 8.79. The Morgan fingerprint density at radius 3 is 2.61 bits per heavy atom. The topological polar surface area (TPSA) is 73.2 Å². The van der Waals surface area contributed by atoms with E-state index in [0.717, 1.165) is 21.3 Å². The zero-order valence-corrected chi connectivity index (χ0v) is 17.0. The van der Waals surface area contributed by atoms with Gasteiger partial charge in [-0.3, -0.25) is 9.59 Å². The number of benzene rings is 2. The highest BCUT2D eigenvalue weighted by Gasteiger charge is 2.09. The SMILES string of the molecule is COc1ccccc1CCNC(=O)Cn1nc(-c2ccc(Br)cc2)ccc1=O. The second kappa shape index (κ2) is 9.32. The minimum Gasteiger partial charge on any atom is -0.496 e. The number of halogens is 1. The third-order valence-electron chi connectivity index (χ3n) is 4.21. The first-order valence-corrected chi connectivity index (χ1v) is 9.59. The molecule has 2 aromatic carbocycles. The van der Waals surface area contributed by atoms with Crippen molar-refractivity contribution in [2.24, 2.45) is 0 Å². The van der Waals surface area contributed by atoms with Gasteiger partial charge < -0.3 is 10.1 Å². The van der Waals surface area contributed by atoms with E-state index in [9.17, 15) is 9.59 Å². The van der Waals surface area contributed by atoms with Crippen molar-refractivity contribution < 1.29 is 9.53 Å². The van der Waals surface area contributed by atoms with Crippen molar-refractivity contribution in [3.05, 3.63) is 81.1 Å². The minimum absolute atomic E-state index is 0.130. The molecule has 0 spiro atoms. The first kappa shape index (κ1) is 19.8. The largest absolute Gasteiger partial charge is 0.496 e. The maximum atomic E-state index is 12.3. The summed E-state index contributed by atoms with van der Waals surface area (Å²) in [6.07, 6.45) is 0.636. The molecule has 3 rings (SSSR count). The van der Waals surface area contributed by atoms with Gasteiger partial charge >= 0.3 is 0 Å². The highest BCUT2D eigenvalue weighted by atomic mass is 79.9. The molecule has 144 valence electrons. The number of ether oxygens (including phenoxy) is 1. The number of rotatable bonds is 7. The summed E-state index contributed by atoms with van der Waals surface area (Å²) in [5.41, 5.74) is 2.20. The Morgan fingerprint density at radius 2 is 1.86 bits per heavy atom. The Kier molecular flexibility index (Phi) is 6.60. The average Bonchev–Trinajstić information content (AvgIpc) is 2.70. The number of nitrogens with zero attached hydrogens (tertiary/aromatic N) is 2. The van der Waals surface area contributed by atoms with Crippen molar-refractivity contribution in [2.45, 2.75) is 13.0 Å².